The van der Waals surface area contributed by atoms with Crippen molar-refractivity contribution in [1.82, 2.24) is 0 Å². The van der Waals surface area contributed by atoms with Crippen molar-refractivity contribution in [2.45, 2.75) is 39.3 Å². The van der Waals surface area contributed by atoms with Crippen LogP contribution in [0.15, 0.2) is 66.7 Å². The number of amides is 2. The van der Waals surface area contributed by atoms with Crippen molar-refractivity contribution in [3.8, 4) is 11.1 Å². The minimum Gasteiger partial charge on any atom is -0.377 e. The maximum absolute atomic E-state index is 12.4. The van der Waals surface area contributed by atoms with Crippen LogP contribution in [0.5, 0.6) is 0 Å². The van der Waals surface area contributed by atoms with Gasteiger partial charge in [-0.15, -0.1) is 0 Å². The smallest absolute Gasteiger partial charge is 0.224 e. The molecule has 164 valence electrons. The van der Waals surface area contributed by atoms with Crippen molar-refractivity contribution in [2.24, 2.45) is 0 Å². The third kappa shape index (κ3) is 4.48. The molecular weight excluding hydrogens is 422 g/mol. The number of halogens is 1. The summed E-state index contributed by atoms with van der Waals surface area (Å²) in [7, 11) is 0. The van der Waals surface area contributed by atoms with Crippen LogP contribution in [-0.2, 0) is 9.59 Å². The van der Waals surface area contributed by atoms with Gasteiger partial charge < -0.3 is 15.5 Å². The second-order valence-corrected chi connectivity index (χ2v) is 8.59. The molecule has 0 saturated carbocycles. The van der Waals surface area contributed by atoms with Gasteiger partial charge in [0, 0.05) is 31.3 Å². The zero-order valence-corrected chi connectivity index (χ0v) is 19.1. The normalized spacial score (nSPS) is 17.4. The van der Waals surface area contributed by atoms with Crippen molar-refractivity contribution >= 4 is 40.5 Å². The molecule has 3 aromatic rings. The molecule has 0 unspecified atom stereocenters. The van der Waals surface area contributed by atoms with Crippen LogP contribution in [0, 0.1) is 0 Å². The molecule has 1 heterocycles. The first-order valence-corrected chi connectivity index (χ1v) is 11.0. The Morgan fingerprint density at radius 1 is 0.969 bits per heavy atom. The third-order valence-electron chi connectivity index (χ3n) is 5.74. The average Bonchev–Trinajstić information content (AvgIpc) is 2.74. The lowest BCUT2D eigenvalue weighted by atomic mass is 9.89. The Bertz CT molecular complexity index is 1180. The maximum Gasteiger partial charge on any atom is 0.224 e. The van der Waals surface area contributed by atoms with Crippen LogP contribution in [0.25, 0.3) is 11.1 Å². The van der Waals surface area contributed by atoms with Crippen LogP contribution < -0.4 is 15.5 Å². The Labute approximate surface area is 193 Å². The SMILES string of the molecule is CC(=O)Nc1cccc(-c2ccc3c(c2)[C@H](Nc2ccccc2Cl)C[C@H](C)N3C(C)=O)c1. The summed E-state index contributed by atoms with van der Waals surface area (Å²) < 4.78 is 0. The van der Waals surface area contributed by atoms with E-state index in [0.717, 1.165) is 40.2 Å². The summed E-state index contributed by atoms with van der Waals surface area (Å²) in [5, 5.41) is 7.08. The van der Waals surface area contributed by atoms with Crippen LogP contribution in [-0.4, -0.2) is 17.9 Å². The van der Waals surface area contributed by atoms with E-state index in [9.17, 15) is 9.59 Å². The van der Waals surface area contributed by atoms with Crippen LogP contribution in [0.1, 0.15) is 38.8 Å². The maximum atomic E-state index is 12.4. The number of benzene rings is 3. The predicted molar refractivity (Wildman–Crippen MR) is 131 cm³/mol. The van der Waals surface area contributed by atoms with Gasteiger partial charge in [-0.1, -0.05) is 41.9 Å². The highest BCUT2D eigenvalue weighted by Gasteiger charge is 2.32. The number of carbonyl (C=O) groups excluding carboxylic acids is 2. The van der Waals surface area contributed by atoms with Crippen LogP contribution >= 0.6 is 11.6 Å². The summed E-state index contributed by atoms with van der Waals surface area (Å²) in [6.07, 6.45) is 0.757. The fraction of sp³-hybridized carbons (Fsp3) is 0.231. The Hall–Kier alpha value is -3.31. The van der Waals surface area contributed by atoms with Gasteiger partial charge in [0.25, 0.3) is 0 Å². The second-order valence-electron chi connectivity index (χ2n) is 8.19. The average molecular weight is 448 g/mol. The third-order valence-corrected chi connectivity index (χ3v) is 6.07. The monoisotopic (exact) mass is 447 g/mol. The van der Waals surface area contributed by atoms with Gasteiger partial charge in [0.15, 0.2) is 0 Å². The molecule has 0 fully saturated rings. The fourth-order valence-corrected chi connectivity index (χ4v) is 4.60. The van der Waals surface area contributed by atoms with Gasteiger partial charge in [-0.2, -0.15) is 0 Å². The highest BCUT2D eigenvalue weighted by molar-refractivity contribution is 6.33. The second kappa shape index (κ2) is 9.05. The first kappa shape index (κ1) is 21.9. The zero-order valence-electron chi connectivity index (χ0n) is 18.4. The lowest BCUT2D eigenvalue weighted by Crippen LogP contribution is -2.43. The molecule has 1 aliphatic rings. The quantitative estimate of drug-likeness (QED) is 0.496. The number of nitrogens with one attached hydrogen (secondary N) is 2. The van der Waals surface area contributed by atoms with Gasteiger partial charge in [0.05, 0.1) is 16.8 Å². The highest BCUT2D eigenvalue weighted by Crippen LogP contribution is 2.42. The van der Waals surface area contributed by atoms with E-state index in [2.05, 4.69) is 23.6 Å². The molecule has 6 heteroatoms. The minimum atomic E-state index is -0.109. The largest absolute Gasteiger partial charge is 0.377 e. The number of rotatable bonds is 4. The van der Waals surface area contributed by atoms with Crippen LogP contribution in [0.2, 0.25) is 5.02 Å². The van der Waals surface area contributed by atoms with Gasteiger partial charge in [0.1, 0.15) is 0 Å². The van der Waals surface area contributed by atoms with E-state index in [1.807, 2.05) is 65.6 Å². The number of anilines is 3. The molecule has 0 aromatic heterocycles. The summed E-state index contributed by atoms with van der Waals surface area (Å²) in [6, 6.07) is 21.6. The molecule has 0 radical (unpaired) electrons. The minimum absolute atomic E-state index is 0.00558. The molecule has 2 N–H and O–H groups in total. The number of hydrogen-bond acceptors (Lipinski definition) is 3. The van der Waals surface area contributed by atoms with Crippen molar-refractivity contribution in [1.29, 1.82) is 0 Å². The zero-order chi connectivity index (χ0) is 22.8. The van der Waals surface area contributed by atoms with E-state index in [0.29, 0.717) is 5.02 Å². The molecule has 5 nitrogen and oxygen atoms in total. The van der Waals surface area contributed by atoms with Gasteiger partial charge in [0.2, 0.25) is 11.8 Å². The first-order chi connectivity index (χ1) is 15.3. The number of hydrogen-bond donors (Lipinski definition) is 2. The van der Waals surface area contributed by atoms with E-state index in [4.69, 9.17) is 11.6 Å². The van der Waals surface area contributed by atoms with Crippen molar-refractivity contribution in [2.75, 3.05) is 15.5 Å². The van der Waals surface area contributed by atoms with Crippen LogP contribution in [0.3, 0.4) is 0 Å². The summed E-state index contributed by atoms with van der Waals surface area (Å²) in [6.45, 7) is 5.16. The number of carbonyl (C=O) groups is 2. The number of para-hydroxylation sites is 1. The van der Waals surface area contributed by atoms with Gasteiger partial charge in [-0.3, -0.25) is 9.59 Å². The van der Waals surface area contributed by atoms with Gasteiger partial charge >= 0.3 is 0 Å². The predicted octanol–water partition coefficient (Wildman–Crippen LogP) is 6.26. The fourth-order valence-electron chi connectivity index (χ4n) is 4.41. The summed E-state index contributed by atoms with van der Waals surface area (Å²) >= 11 is 6.41. The first-order valence-electron chi connectivity index (χ1n) is 10.7. The van der Waals surface area contributed by atoms with E-state index >= 15 is 0 Å². The molecule has 0 aliphatic carbocycles. The van der Waals surface area contributed by atoms with Crippen molar-refractivity contribution in [3.05, 3.63) is 77.3 Å². The van der Waals surface area contributed by atoms with E-state index in [-0.39, 0.29) is 23.9 Å². The number of nitrogens with zero attached hydrogens (tertiary/aromatic N) is 1. The van der Waals surface area contributed by atoms with Crippen molar-refractivity contribution in [3.63, 3.8) is 0 Å². The molecule has 0 saturated heterocycles. The lowest BCUT2D eigenvalue weighted by Gasteiger charge is -2.40. The van der Waals surface area contributed by atoms with Crippen LogP contribution in [0.4, 0.5) is 17.1 Å². The van der Waals surface area contributed by atoms with E-state index < -0.39 is 0 Å². The van der Waals surface area contributed by atoms with Crippen molar-refractivity contribution < 1.29 is 9.59 Å². The molecule has 0 bridgehead atoms. The Morgan fingerprint density at radius 3 is 2.44 bits per heavy atom. The Morgan fingerprint density at radius 2 is 1.72 bits per heavy atom. The van der Waals surface area contributed by atoms with E-state index in [1.165, 1.54) is 6.92 Å². The van der Waals surface area contributed by atoms with E-state index in [1.54, 1.807) is 6.92 Å². The molecule has 4 rings (SSSR count). The Kier molecular flexibility index (Phi) is 6.19. The molecular formula is C26H26ClN3O2. The Balaban J connectivity index is 1.77. The summed E-state index contributed by atoms with van der Waals surface area (Å²) in [5.41, 5.74) is 5.57. The molecule has 2 amide bonds. The molecule has 32 heavy (non-hydrogen) atoms. The number of fused-ring (bicyclic) bond motifs is 1. The standard InChI is InChI=1S/C26H26ClN3O2/c1-16-13-25(29-24-10-5-4-9-23(24)27)22-15-20(11-12-26(22)30(16)18(3)32)19-7-6-8-21(14-19)28-17(2)31/h4-12,14-16,25,29H,13H2,1-3H3,(H,28,31)/t16-,25+/m0/s1. The van der Waals surface area contributed by atoms with Gasteiger partial charge in [-0.05, 0) is 66.4 Å². The lowest BCUT2D eigenvalue weighted by molar-refractivity contribution is -0.117. The molecule has 1 aliphatic heterocycles. The van der Waals surface area contributed by atoms with Gasteiger partial charge in [-0.25, -0.2) is 0 Å². The summed E-state index contributed by atoms with van der Waals surface area (Å²) in [5.74, 6) is -0.0852. The summed E-state index contributed by atoms with van der Waals surface area (Å²) in [4.78, 5) is 25.8. The molecule has 0 spiro atoms. The topological polar surface area (TPSA) is 61.4 Å². The molecule has 2 atom stereocenters. The highest BCUT2D eigenvalue weighted by atomic mass is 35.5. The molecule has 3 aromatic carbocycles.